The molecule has 1 aromatic rings. The molecule has 0 N–H and O–H groups in total. The van der Waals surface area contributed by atoms with E-state index in [9.17, 15) is 0 Å². The van der Waals surface area contributed by atoms with Crippen molar-refractivity contribution in [3.05, 3.63) is 18.2 Å². The van der Waals surface area contributed by atoms with Crippen molar-refractivity contribution in [3.8, 4) is 0 Å². The molecule has 0 unspecified atom stereocenters. The molecule has 0 radical (unpaired) electrons. The lowest BCUT2D eigenvalue weighted by atomic mass is 10.1. The third-order valence-electron chi connectivity index (χ3n) is 2.30. The summed E-state index contributed by atoms with van der Waals surface area (Å²) < 4.78 is 2.25. The van der Waals surface area contributed by atoms with Gasteiger partial charge in [-0.3, -0.25) is 0 Å². The number of hydrogen-bond acceptors (Lipinski definition) is 2. The lowest BCUT2D eigenvalue weighted by molar-refractivity contribution is 0.139. The van der Waals surface area contributed by atoms with E-state index in [1.54, 1.807) is 0 Å². The fourth-order valence-corrected chi connectivity index (χ4v) is 1.62. The van der Waals surface area contributed by atoms with Gasteiger partial charge in [0.15, 0.2) is 0 Å². The topological polar surface area (TPSA) is 21.1 Å². The highest BCUT2D eigenvalue weighted by atomic mass is 15.3. The van der Waals surface area contributed by atoms with E-state index in [1.165, 1.54) is 0 Å². The van der Waals surface area contributed by atoms with E-state index in [0.717, 1.165) is 18.9 Å². The highest BCUT2D eigenvalue weighted by Crippen LogP contribution is 2.19. The molecule has 11 heavy (non-hydrogen) atoms. The maximum atomic E-state index is 4.19. The van der Waals surface area contributed by atoms with Gasteiger partial charge in [0.1, 0.15) is 5.82 Å². The fraction of sp³-hybridized carbons (Fsp3) is 0.625. The van der Waals surface area contributed by atoms with Crippen LogP contribution in [0.25, 0.3) is 0 Å². The lowest BCUT2D eigenvalue weighted by Gasteiger charge is -2.37. The Morgan fingerprint density at radius 3 is 2.73 bits per heavy atom. The van der Waals surface area contributed by atoms with Crippen LogP contribution in [0.4, 0.5) is 0 Å². The normalized spacial score (nSPS) is 20.2. The van der Waals surface area contributed by atoms with E-state index in [0.29, 0.717) is 6.04 Å². The average molecular weight is 151 g/mol. The standard InChI is InChI=1S/C8H13N3/c1-7-9-3-4-11(7)8-5-10(2)6-8/h3-4,8H,5-6H2,1-2H3. The minimum atomic E-state index is 0.669. The van der Waals surface area contributed by atoms with E-state index < -0.39 is 0 Å². The summed E-state index contributed by atoms with van der Waals surface area (Å²) in [7, 11) is 2.14. The van der Waals surface area contributed by atoms with Crippen LogP contribution >= 0.6 is 0 Å². The van der Waals surface area contributed by atoms with Crippen LogP contribution in [0.2, 0.25) is 0 Å². The molecule has 60 valence electrons. The quantitative estimate of drug-likeness (QED) is 0.588. The number of aryl methyl sites for hydroxylation is 1. The summed E-state index contributed by atoms with van der Waals surface area (Å²) in [5.41, 5.74) is 0. The van der Waals surface area contributed by atoms with Gasteiger partial charge in [-0.05, 0) is 14.0 Å². The predicted molar refractivity (Wildman–Crippen MR) is 43.5 cm³/mol. The van der Waals surface area contributed by atoms with Crippen molar-refractivity contribution in [3.63, 3.8) is 0 Å². The Morgan fingerprint density at radius 1 is 1.55 bits per heavy atom. The summed E-state index contributed by atoms with van der Waals surface area (Å²) in [6.07, 6.45) is 3.93. The SMILES string of the molecule is Cc1nccn1C1CN(C)C1. The van der Waals surface area contributed by atoms with Crippen molar-refractivity contribution >= 4 is 0 Å². The minimum Gasteiger partial charge on any atom is -0.330 e. The van der Waals surface area contributed by atoms with Gasteiger partial charge in [0, 0.05) is 25.5 Å². The fourth-order valence-electron chi connectivity index (χ4n) is 1.62. The highest BCUT2D eigenvalue weighted by Gasteiger charge is 2.24. The zero-order valence-electron chi connectivity index (χ0n) is 6.99. The smallest absolute Gasteiger partial charge is 0.105 e. The van der Waals surface area contributed by atoms with Gasteiger partial charge < -0.3 is 9.47 Å². The molecule has 1 aromatic heterocycles. The molecular weight excluding hydrogens is 138 g/mol. The van der Waals surface area contributed by atoms with Crippen LogP contribution < -0.4 is 0 Å². The van der Waals surface area contributed by atoms with Crippen LogP contribution in [0.1, 0.15) is 11.9 Å². The Hall–Kier alpha value is -0.830. The lowest BCUT2D eigenvalue weighted by Crippen LogP contribution is -2.44. The second-order valence-electron chi connectivity index (χ2n) is 3.26. The minimum absolute atomic E-state index is 0.669. The van der Waals surface area contributed by atoms with E-state index >= 15 is 0 Å². The van der Waals surface area contributed by atoms with Crippen LogP contribution in [0.3, 0.4) is 0 Å². The summed E-state index contributed by atoms with van der Waals surface area (Å²) in [6, 6.07) is 0.669. The van der Waals surface area contributed by atoms with Gasteiger partial charge in [-0.15, -0.1) is 0 Å². The van der Waals surface area contributed by atoms with Crippen LogP contribution in [0.5, 0.6) is 0 Å². The number of hydrogen-bond donors (Lipinski definition) is 0. The maximum Gasteiger partial charge on any atom is 0.105 e. The molecule has 2 heterocycles. The molecule has 1 aliphatic rings. The van der Waals surface area contributed by atoms with Crippen molar-refractivity contribution in [1.29, 1.82) is 0 Å². The molecule has 3 heteroatoms. The van der Waals surface area contributed by atoms with E-state index in [-0.39, 0.29) is 0 Å². The molecule has 0 aromatic carbocycles. The van der Waals surface area contributed by atoms with Gasteiger partial charge in [0.05, 0.1) is 6.04 Å². The highest BCUT2D eigenvalue weighted by molar-refractivity contribution is 4.96. The number of rotatable bonds is 1. The third kappa shape index (κ3) is 1.05. The molecule has 1 fully saturated rings. The van der Waals surface area contributed by atoms with Gasteiger partial charge in [-0.2, -0.15) is 0 Å². The molecule has 3 nitrogen and oxygen atoms in total. The first-order valence-electron chi connectivity index (χ1n) is 3.95. The zero-order chi connectivity index (χ0) is 7.84. The summed E-state index contributed by atoms with van der Waals surface area (Å²) in [5, 5.41) is 0. The first kappa shape index (κ1) is 6.85. The van der Waals surface area contributed by atoms with E-state index in [4.69, 9.17) is 0 Å². The Kier molecular flexibility index (Phi) is 1.46. The Bertz CT molecular complexity index is 248. The molecule has 0 aliphatic carbocycles. The van der Waals surface area contributed by atoms with Gasteiger partial charge >= 0.3 is 0 Å². The molecule has 0 spiro atoms. The van der Waals surface area contributed by atoms with Crippen LogP contribution in [-0.2, 0) is 0 Å². The first-order valence-corrected chi connectivity index (χ1v) is 3.95. The van der Waals surface area contributed by atoms with Crippen LogP contribution in [0.15, 0.2) is 12.4 Å². The van der Waals surface area contributed by atoms with Gasteiger partial charge in [0.25, 0.3) is 0 Å². The summed E-state index contributed by atoms with van der Waals surface area (Å²) >= 11 is 0. The molecule has 2 rings (SSSR count). The Morgan fingerprint density at radius 2 is 2.27 bits per heavy atom. The van der Waals surface area contributed by atoms with Crippen molar-refractivity contribution in [2.24, 2.45) is 0 Å². The molecule has 1 aliphatic heterocycles. The number of likely N-dealkylation sites (N-methyl/N-ethyl adjacent to an activating group) is 1. The number of imidazole rings is 1. The van der Waals surface area contributed by atoms with Crippen molar-refractivity contribution in [2.45, 2.75) is 13.0 Å². The Labute approximate surface area is 66.6 Å². The van der Waals surface area contributed by atoms with Crippen LogP contribution in [-0.4, -0.2) is 34.6 Å². The largest absolute Gasteiger partial charge is 0.330 e. The van der Waals surface area contributed by atoms with Gasteiger partial charge in [-0.25, -0.2) is 4.98 Å². The van der Waals surface area contributed by atoms with Crippen molar-refractivity contribution in [2.75, 3.05) is 20.1 Å². The molecule has 0 saturated carbocycles. The van der Waals surface area contributed by atoms with Crippen molar-refractivity contribution < 1.29 is 0 Å². The van der Waals surface area contributed by atoms with Gasteiger partial charge in [0.2, 0.25) is 0 Å². The summed E-state index contributed by atoms with van der Waals surface area (Å²) in [4.78, 5) is 6.50. The predicted octanol–water partition coefficient (Wildman–Crippen LogP) is 0.678. The summed E-state index contributed by atoms with van der Waals surface area (Å²) in [5.74, 6) is 1.13. The molecule has 0 atom stereocenters. The van der Waals surface area contributed by atoms with E-state index in [1.807, 2.05) is 6.20 Å². The summed E-state index contributed by atoms with van der Waals surface area (Å²) in [6.45, 7) is 4.38. The number of aromatic nitrogens is 2. The van der Waals surface area contributed by atoms with Crippen LogP contribution in [0, 0.1) is 6.92 Å². The average Bonchev–Trinajstić information content (AvgIpc) is 2.29. The molecular formula is C8H13N3. The first-order chi connectivity index (χ1) is 5.27. The molecule has 0 amide bonds. The monoisotopic (exact) mass is 151 g/mol. The Balaban J connectivity index is 2.12. The maximum absolute atomic E-state index is 4.19. The second-order valence-corrected chi connectivity index (χ2v) is 3.26. The molecule has 1 saturated heterocycles. The third-order valence-corrected chi connectivity index (χ3v) is 2.30. The molecule has 0 bridgehead atoms. The van der Waals surface area contributed by atoms with E-state index in [2.05, 4.69) is 34.6 Å². The van der Waals surface area contributed by atoms with Gasteiger partial charge in [-0.1, -0.05) is 0 Å². The van der Waals surface area contributed by atoms with Crippen molar-refractivity contribution in [1.82, 2.24) is 14.5 Å². The number of nitrogens with zero attached hydrogens (tertiary/aromatic N) is 3. The second kappa shape index (κ2) is 2.34. The zero-order valence-corrected chi connectivity index (χ0v) is 6.99. The number of likely N-dealkylation sites (tertiary alicyclic amines) is 1.